The summed E-state index contributed by atoms with van der Waals surface area (Å²) in [6, 6.07) is 22.3. The van der Waals surface area contributed by atoms with E-state index >= 15 is 0 Å². The molecule has 0 radical (unpaired) electrons. The van der Waals surface area contributed by atoms with Gasteiger partial charge in [-0.05, 0) is 47.9 Å². The number of nitrogens with zero attached hydrogens (tertiary/aromatic N) is 2. The third-order valence-electron chi connectivity index (χ3n) is 4.81. The largest absolute Gasteiger partial charge is 0.383 e. The molecule has 3 aromatic carbocycles. The van der Waals surface area contributed by atoms with E-state index < -0.39 is 0 Å². The molecule has 0 aliphatic heterocycles. The van der Waals surface area contributed by atoms with Crippen molar-refractivity contribution < 1.29 is 13.9 Å². The molecule has 1 amide bonds. The number of hydrogen-bond acceptors (Lipinski definition) is 3. The van der Waals surface area contributed by atoms with E-state index in [9.17, 15) is 9.18 Å². The normalized spacial score (nSPS) is 11.9. The highest BCUT2D eigenvalue weighted by atomic mass is 32.1. The van der Waals surface area contributed by atoms with Gasteiger partial charge in [-0.25, -0.2) is 4.39 Å². The molecule has 0 unspecified atom stereocenters. The molecule has 0 saturated carbocycles. The zero-order valence-electron chi connectivity index (χ0n) is 16.5. The van der Waals surface area contributed by atoms with Gasteiger partial charge in [0.15, 0.2) is 4.80 Å². The molecule has 30 heavy (non-hydrogen) atoms. The summed E-state index contributed by atoms with van der Waals surface area (Å²) < 4.78 is 21.4. The van der Waals surface area contributed by atoms with Crippen molar-refractivity contribution in [2.75, 3.05) is 13.7 Å². The summed E-state index contributed by atoms with van der Waals surface area (Å²) in [5.41, 5.74) is 3.71. The molecule has 0 aliphatic carbocycles. The van der Waals surface area contributed by atoms with Gasteiger partial charge >= 0.3 is 0 Å². The number of carbonyl (C=O) groups excluding carboxylic acids is 1. The minimum absolute atomic E-state index is 0.311. The maximum absolute atomic E-state index is 13.6. The number of benzene rings is 3. The van der Waals surface area contributed by atoms with Gasteiger partial charge in [0.1, 0.15) is 5.82 Å². The zero-order chi connectivity index (χ0) is 20.9. The molecule has 6 heteroatoms. The molecule has 0 saturated heterocycles. The highest BCUT2D eigenvalue weighted by molar-refractivity contribution is 7.16. The third-order valence-corrected chi connectivity index (χ3v) is 5.85. The molecule has 0 aliphatic rings. The zero-order valence-corrected chi connectivity index (χ0v) is 17.4. The molecular weight excluding hydrogens is 399 g/mol. The lowest BCUT2D eigenvalue weighted by Crippen LogP contribution is -2.19. The summed E-state index contributed by atoms with van der Waals surface area (Å²) in [4.78, 5) is 17.6. The molecule has 152 valence electrons. The first-order chi connectivity index (χ1) is 14.6. The number of amides is 1. The van der Waals surface area contributed by atoms with E-state index in [0.29, 0.717) is 23.5 Å². The molecule has 0 bridgehead atoms. The molecule has 1 aromatic heterocycles. The van der Waals surface area contributed by atoms with E-state index in [4.69, 9.17) is 4.74 Å². The maximum Gasteiger partial charge on any atom is 0.279 e. The minimum Gasteiger partial charge on any atom is -0.383 e. The van der Waals surface area contributed by atoms with E-state index in [2.05, 4.69) is 17.1 Å². The van der Waals surface area contributed by atoms with Crippen molar-refractivity contribution in [3.63, 3.8) is 0 Å². The number of rotatable bonds is 6. The molecule has 0 atom stereocenters. The van der Waals surface area contributed by atoms with Crippen molar-refractivity contribution in [1.29, 1.82) is 0 Å². The Morgan fingerprint density at radius 3 is 2.50 bits per heavy atom. The van der Waals surface area contributed by atoms with Crippen LogP contribution < -0.4 is 4.80 Å². The number of halogens is 1. The van der Waals surface area contributed by atoms with Gasteiger partial charge in [0.2, 0.25) is 0 Å². The Hall–Kier alpha value is -3.09. The first-order valence-corrected chi connectivity index (χ1v) is 10.5. The number of carbonyl (C=O) groups is 1. The average Bonchev–Trinajstić information content (AvgIpc) is 3.09. The number of fused-ring (bicyclic) bond motifs is 1. The summed E-state index contributed by atoms with van der Waals surface area (Å²) in [5, 5.41) is 0. The monoisotopic (exact) mass is 420 g/mol. The molecule has 0 spiro atoms. The molecular formula is C24H21FN2O2S. The van der Waals surface area contributed by atoms with Crippen LogP contribution in [0.2, 0.25) is 0 Å². The van der Waals surface area contributed by atoms with Gasteiger partial charge in [0.25, 0.3) is 5.91 Å². The Morgan fingerprint density at radius 1 is 1.03 bits per heavy atom. The summed E-state index contributed by atoms with van der Waals surface area (Å²) in [7, 11) is 1.62. The van der Waals surface area contributed by atoms with Crippen LogP contribution in [-0.4, -0.2) is 24.2 Å². The summed E-state index contributed by atoms with van der Waals surface area (Å²) in [6.45, 7) is 1.00. The van der Waals surface area contributed by atoms with Crippen LogP contribution in [-0.2, 0) is 17.7 Å². The van der Waals surface area contributed by atoms with E-state index in [1.54, 1.807) is 25.3 Å². The minimum atomic E-state index is -0.320. The molecule has 1 heterocycles. The van der Waals surface area contributed by atoms with Crippen molar-refractivity contribution in [2.45, 2.75) is 13.0 Å². The Kier molecular flexibility index (Phi) is 6.16. The van der Waals surface area contributed by atoms with Crippen molar-refractivity contribution in [1.82, 2.24) is 4.57 Å². The van der Waals surface area contributed by atoms with E-state index in [0.717, 1.165) is 22.2 Å². The second-order valence-electron chi connectivity index (χ2n) is 6.92. The summed E-state index contributed by atoms with van der Waals surface area (Å²) in [5.74, 6) is -0.631. The SMILES string of the molecule is COCCn1c(=NC(=O)c2ccc(Cc3ccccc3)cc2)sc2cc(F)ccc21. The Balaban J connectivity index is 1.62. The van der Waals surface area contributed by atoms with E-state index in [1.807, 2.05) is 34.9 Å². The lowest BCUT2D eigenvalue weighted by molar-refractivity contribution is 0.0997. The van der Waals surface area contributed by atoms with Gasteiger partial charge in [-0.15, -0.1) is 0 Å². The fourth-order valence-electron chi connectivity index (χ4n) is 3.28. The fourth-order valence-corrected chi connectivity index (χ4v) is 4.36. The number of aromatic nitrogens is 1. The van der Waals surface area contributed by atoms with Crippen LogP contribution in [0, 0.1) is 5.82 Å². The van der Waals surface area contributed by atoms with Crippen LogP contribution in [0.1, 0.15) is 21.5 Å². The van der Waals surface area contributed by atoms with Crippen molar-refractivity contribution in [2.24, 2.45) is 4.99 Å². The molecule has 4 rings (SSSR count). The van der Waals surface area contributed by atoms with E-state index in [-0.39, 0.29) is 11.7 Å². The first-order valence-electron chi connectivity index (χ1n) is 9.64. The number of thiazole rings is 1. The van der Waals surface area contributed by atoms with Crippen LogP contribution >= 0.6 is 11.3 Å². The van der Waals surface area contributed by atoms with Crippen molar-refractivity contribution >= 4 is 27.5 Å². The van der Waals surface area contributed by atoms with Gasteiger partial charge in [0.05, 0.1) is 16.8 Å². The van der Waals surface area contributed by atoms with Crippen molar-refractivity contribution in [3.05, 3.63) is 100 Å². The predicted molar refractivity (Wildman–Crippen MR) is 117 cm³/mol. The Morgan fingerprint density at radius 2 is 1.77 bits per heavy atom. The lowest BCUT2D eigenvalue weighted by Gasteiger charge is -2.04. The molecule has 0 fully saturated rings. The molecule has 4 nitrogen and oxygen atoms in total. The highest BCUT2D eigenvalue weighted by Crippen LogP contribution is 2.19. The van der Waals surface area contributed by atoms with Gasteiger partial charge in [-0.3, -0.25) is 4.79 Å². The fraction of sp³-hybridized carbons (Fsp3) is 0.167. The Bertz CT molecular complexity index is 1230. The number of methoxy groups -OCH3 is 1. The van der Waals surface area contributed by atoms with Crippen LogP contribution in [0.25, 0.3) is 10.2 Å². The van der Waals surface area contributed by atoms with Crippen LogP contribution in [0.4, 0.5) is 4.39 Å². The molecule has 0 N–H and O–H groups in total. The van der Waals surface area contributed by atoms with Crippen LogP contribution in [0.3, 0.4) is 0 Å². The first kappa shape index (κ1) is 20.2. The van der Waals surface area contributed by atoms with Gasteiger partial charge < -0.3 is 9.30 Å². The molecule has 4 aromatic rings. The van der Waals surface area contributed by atoms with Gasteiger partial charge in [-0.1, -0.05) is 53.8 Å². The summed E-state index contributed by atoms with van der Waals surface area (Å²) >= 11 is 1.30. The lowest BCUT2D eigenvalue weighted by atomic mass is 10.0. The van der Waals surface area contributed by atoms with E-state index in [1.165, 1.54) is 29.0 Å². The quantitative estimate of drug-likeness (QED) is 0.449. The summed E-state index contributed by atoms with van der Waals surface area (Å²) in [6.07, 6.45) is 0.811. The smallest absolute Gasteiger partial charge is 0.279 e. The van der Waals surface area contributed by atoms with Crippen LogP contribution in [0.15, 0.2) is 77.8 Å². The number of hydrogen-bond donors (Lipinski definition) is 0. The Labute approximate surface area is 177 Å². The average molecular weight is 421 g/mol. The van der Waals surface area contributed by atoms with Crippen molar-refractivity contribution in [3.8, 4) is 0 Å². The van der Waals surface area contributed by atoms with Gasteiger partial charge in [0, 0.05) is 19.2 Å². The predicted octanol–water partition coefficient (Wildman–Crippen LogP) is 4.82. The maximum atomic E-state index is 13.6. The highest BCUT2D eigenvalue weighted by Gasteiger charge is 2.10. The standard InChI is InChI=1S/C24H21FN2O2S/c1-29-14-13-27-21-12-11-20(25)16-22(21)30-24(27)26-23(28)19-9-7-18(8-10-19)15-17-5-3-2-4-6-17/h2-12,16H,13-15H2,1H3. The second-order valence-corrected chi connectivity index (χ2v) is 7.93. The number of ether oxygens (including phenoxy) is 1. The topological polar surface area (TPSA) is 43.6 Å². The van der Waals surface area contributed by atoms with Crippen LogP contribution in [0.5, 0.6) is 0 Å². The third kappa shape index (κ3) is 4.56. The second kappa shape index (κ2) is 9.15. The van der Waals surface area contributed by atoms with Gasteiger partial charge in [-0.2, -0.15) is 4.99 Å².